The number of rotatable bonds is 4. The number of carbonyl (C=O) groups excluding carboxylic acids is 1. The molecule has 1 N–H and O–H groups in total. The predicted molar refractivity (Wildman–Crippen MR) is 81.1 cm³/mol. The summed E-state index contributed by atoms with van der Waals surface area (Å²) < 4.78 is 0. The van der Waals surface area contributed by atoms with Crippen LogP contribution in [0, 0.1) is 5.92 Å². The first-order valence-electron chi connectivity index (χ1n) is 8.36. The Morgan fingerprint density at radius 3 is 2.38 bits per heavy atom. The monoisotopic (exact) mass is 296 g/mol. The van der Waals surface area contributed by atoms with Gasteiger partial charge in [0.05, 0.1) is 12.5 Å². The van der Waals surface area contributed by atoms with E-state index in [1.807, 2.05) is 4.90 Å². The van der Waals surface area contributed by atoms with Crippen LogP contribution in [0.1, 0.15) is 51.9 Å². The molecule has 0 aromatic carbocycles. The van der Waals surface area contributed by atoms with E-state index in [-0.39, 0.29) is 11.8 Å². The summed E-state index contributed by atoms with van der Waals surface area (Å²) in [5.41, 5.74) is 0. The Bertz CT molecular complexity index is 365. The molecule has 2 rings (SSSR count). The molecule has 1 atom stereocenters. The lowest BCUT2D eigenvalue weighted by Gasteiger charge is -2.34. The molecular weight excluding hydrogens is 268 g/mol. The zero-order valence-electron chi connectivity index (χ0n) is 13.1. The zero-order valence-corrected chi connectivity index (χ0v) is 13.1. The number of carbonyl (C=O) groups is 2. The summed E-state index contributed by atoms with van der Waals surface area (Å²) in [6.45, 7) is 4.93. The van der Waals surface area contributed by atoms with Gasteiger partial charge in [0.15, 0.2) is 0 Å². The van der Waals surface area contributed by atoms with E-state index in [0.29, 0.717) is 38.5 Å². The fourth-order valence-corrected chi connectivity index (χ4v) is 3.56. The van der Waals surface area contributed by atoms with Gasteiger partial charge in [-0.3, -0.25) is 14.5 Å². The first-order chi connectivity index (χ1) is 10.1. The van der Waals surface area contributed by atoms with Crippen molar-refractivity contribution in [2.75, 3.05) is 26.2 Å². The lowest BCUT2D eigenvalue weighted by molar-refractivity contribution is -0.146. The third kappa shape index (κ3) is 4.43. The third-order valence-electron chi connectivity index (χ3n) is 5.01. The molecule has 0 saturated carbocycles. The minimum absolute atomic E-state index is 0.180. The van der Waals surface area contributed by atoms with Gasteiger partial charge in [-0.25, -0.2) is 0 Å². The van der Waals surface area contributed by atoms with Crippen LogP contribution in [0.3, 0.4) is 0 Å². The van der Waals surface area contributed by atoms with E-state index in [0.717, 1.165) is 13.0 Å². The molecular formula is C16H28N2O3. The molecule has 5 heteroatoms. The SMILES string of the molecule is CCC1CCCCCN1CC(=O)N1CCC(C(=O)O)CC1. The second kappa shape index (κ2) is 7.78. The van der Waals surface area contributed by atoms with E-state index in [1.54, 1.807) is 0 Å². The lowest BCUT2D eigenvalue weighted by atomic mass is 9.97. The first-order valence-corrected chi connectivity index (χ1v) is 8.36. The van der Waals surface area contributed by atoms with Gasteiger partial charge in [0.25, 0.3) is 0 Å². The van der Waals surface area contributed by atoms with E-state index in [4.69, 9.17) is 5.11 Å². The fourth-order valence-electron chi connectivity index (χ4n) is 3.56. The van der Waals surface area contributed by atoms with Crippen LogP contribution in [0.2, 0.25) is 0 Å². The Labute approximate surface area is 127 Å². The van der Waals surface area contributed by atoms with Crippen molar-refractivity contribution in [3.05, 3.63) is 0 Å². The molecule has 2 saturated heterocycles. The number of nitrogens with zero attached hydrogens (tertiary/aromatic N) is 2. The summed E-state index contributed by atoms with van der Waals surface area (Å²) in [7, 11) is 0. The summed E-state index contributed by atoms with van der Waals surface area (Å²) in [5.74, 6) is -0.810. The van der Waals surface area contributed by atoms with Crippen molar-refractivity contribution < 1.29 is 14.7 Å². The van der Waals surface area contributed by atoms with E-state index >= 15 is 0 Å². The maximum absolute atomic E-state index is 12.5. The largest absolute Gasteiger partial charge is 0.481 e. The quantitative estimate of drug-likeness (QED) is 0.861. The Balaban J connectivity index is 1.84. The van der Waals surface area contributed by atoms with Crippen molar-refractivity contribution in [1.29, 1.82) is 0 Å². The van der Waals surface area contributed by atoms with Gasteiger partial charge in [-0.1, -0.05) is 19.8 Å². The number of aliphatic carboxylic acids is 1. The number of amides is 1. The van der Waals surface area contributed by atoms with Crippen LogP contribution in [0.25, 0.3) is 0 Å². The molecule has 0 aliphatic carbocycles. The average Bonchev–Trinajstić information content (AvgIpc) is 2.72. The maximum atomic E-state index is 12.5. The molecule has 0 aromatic heterocycles. The second-order valence-corrected chi connectivity index (χ2v) is 6.38. The number of carboxylic acids is 1. The molecule has 120 valence electrons. The highest BCUT2D eigenvalue weighted by atomic mass is 16.4. The molecule has 1 amide bonds. The maximum Gasteiger partial charge on any atom is 0.306 e. The Hall–Kier alpha value is -1.10. The van der Waals surface area contributed by atoms with E-state index in [2.05, 4.69) is 11.8 Å². The molecule has 2 aliphatic heterocycles. The molecule has 0 spiro atoms. The van der Waals surface area contributed by atoms with Gasteiger partial charge >= 0.3 is 5.97 Å². The van der Waals surface area contributed by atoms with Crippen LogP contribution in [0.5, 0.6) is 0 Å². The summed E-state index contributed by atoms with van der Waals surface area (Å²) >= 11 is 0. The highest BCUT2D eigenvalue weighted by Crippen LogP contribution is 2.21. The highest BCUT2D eigenvalue weighted by Gasteiger charge is 2.29. The topological polar surface area (TPSA) is 60.9 Å². The number of hydrogen-bond donors (Lipinski definition) is 1. The lowest BCUT2D eigenvalue weighted by Crippen LogP contribution is -2.47. The number of likely N-dealkylation sites (tertiary alicyclic amines) is 2. The molecule has 5 nitrogen and oxygen atoms in total. The first kappa shape index (κ1) is 16.3. The average molecular weight is 296 g/mol. The zero-order chi connectivity index (χ0) is 15.2. The summed E-state index contributed by atoms with van der Waals surface area (Å²) in [4.78, 5) is 27.6. The normalized spacial score (nSPS) is 25.6. The second-order valence-electron chi connectivity index (χ2n) is 6.38. The van der Waals surface area contributed by atoms with E-state index < -0.39 is 5.97 Å². The molecule has 0 aromatic rings. The van der Waals surface area contributed by atoms with Gasteiger partial charge < -0.3 is 10.0 Å². The number of hydrogen-bond acceptors (Lipinski definition) is 3. The Morgan fingerprint density at radius 1 is 1.05 bits per heavy atom. The number of carboxylic acid groups (broad SMARTS) is 1. The van der Waals surface area contributed by atoms with Crippen molar-refractivity contribution in [2.24, 2.45) is 5.92 Å². The smallest absolute Gasteiger partial charge is 0.306 e. The third-order valence-corrected chi connectivity index (χ3v) is 5.01. The molecule has 21 heavy (non-hydrogen) atoms. The van der Waals surface area contributed by atoms with Gasteiger partial charge in [0.2, 0.25) is 5.91 Å². The van der Waals surface area contributed by atoms with Crippen LogP contribution in [-0.2, 0) is 9.59 Å². The van der Waals surface area contributed by atoms with Gasteiger partial charge in [-0.15, -0.1) is 0 Å². The number of piperidine rings is 1. The molecule has 1 unspecified atom stereocenters. The summed E-state index contributed by atoms with van der Waals surface area (Å²) in [6, 6.07) is 0.535. The van der Waals surface area contributed by atoms with E-state index in [1.165, 1.54) is 25.7 Å². The van der Waals surface area contributed by atoms with Crippen LogP contribution in [0.15, 0.2) is 0 Å². The van der Waals surface area contributed by atoms with Crippen molar-refractivity contribution >= 4 is 11.9 Å². The van der Waals surface area contributed by atoms with Gasteiger partial charge in [-0.2, -0.15) is 0 Å². The predicted octanol–water partition coefficient (Wildman–Crippen LogP) is 1.96. The van der Waals surface area contributed by atoms with Gasteiger partial charge in [0.1, 0.15) is 0 Å². The molecule has 2 aliphatic rings. The van der Waals surface area contributed by atoms with Crippen LogP contribution in [0.4, 0.5) is 0 Å². The molecule has 2 heterocycles. The highest BCUT2D eigenvalue weighted by molar-refractivity contribution is 5.79. The van der Waals surface area contributed by atoms with E-state index in [9.17, 15) is 9.59 Å². The van der Waals surface area contributed by atoms with Crippen LogP contribution < -0.4 is 0 Å². The molecule has 2 fully saturated rings. The van der Waals surface area contributed by atoms with Crippen molar-refractivity contribution in [3.63, 3.8) is 0 Å². The van der Waals surface area contributed by atoms with Crippen LogP contribution in [-0.4, -0.2) is 59.0 Å². The summed E-state index contributed by atoms with van der Waals surface area (Å²) in [5, 5.41) is 9.01. The minimum atomic E-state index is -0.722. The molecule has 0 radical (unpaired) electrons. The van der Waals surface area contributed by atoms with Gasteiger partial charge in [0, 0.05) is 19.1 Å². The molecule has 0 bridgehead atoms. The van der Waals surface area contributed by atoms with Crippen molar-refractivity contribution in [1.82, 2.24) is 9.80 Å². The Kier molecular flexibility index (Phi) is 6.03. The van der Waals surface area contributed by atoms with Gasteiger partial charge in [-0.05, 0) is 38.6 Å². The minimum Gasteiger partial charge on any atom is -0.481 e. The van der Waals surface area contributed by atoms with Crippen LogP contribution >= 0.6 is 0 Å². The van der Waals surface area contributed by atoms with Crippen molar-refractivity contribution in [2.45, 2.75) is 57.9 Å². The summed E-state index contributed by atoms with van der Waals surface area (Å²) in [6.07, 6.45) is 7.22. The fraction of sp³-hybridized carbons (Fsp3) is 0.875. The Morgan fingerprint density at radius 2 is 1.76 bits per heavy atom. The standard InChI is InChI=1S/C16H28N2O3/c1-2-14-6-4-3-5-9-18(14)12-15(19)17-10-7-13(8-11-17)16(20)21/h13-14H,2-12H2,1H3,(H,20,21). The van der Waals surface area contributed by atoms with Crippen molar-refractivity contribution in [3.8, 4) is 0 Å².